The highest BCUT2D eigenvalue weighted by Gasteiger charge is 2.17. The molecule has 0 radical (unpaired) electrons. The van der Waals surface area contributed by atoms with Crippen LogP contribution in [0.15, 0.2) is 65.3 Å². The van der Waals surface area contributed by atoms with E-state index in [2.05, 4.69) is 20.8 Å². The first kappa shape index (κ1) is 25.8. The van der Waals surface area contributed by atoms with Crippen molar-refractivity contribution in [3.8, 4) is 16.2 Å². The van der Waals surface area contributed by atoms with E-state index in [4.69, 9.17) is 23.2 Å². The van der Waals surface area contributed by atoms with Gasteiger partial charge in [-0.3, -0.25) is 14.6 Å². The Morgan fingerprint density at radius 1 is 1.08 bits per heavy atom. The SMILES string of the molecule is C/C(=N\NC(=O)c1ccc(C(=O)NCCc2cccnc2)s1)c1csc(-c2ccc(Cl)c(Cl)c2)c1O. The van der Waals surface area contributed by atoms with Crippen molar-refractivity contribution in [2.24, 2.45) is 5.10 Å². The molecule has 2 amide bonds. The predicted molar refractivity (Wildman–Crippen MR) is 146 cm³/mol. The van der Waals surface area contributed by atoms with E-state index < -0.39 is 5.91 Å². The summed E-state index contributed by atoms with van der Waals surface area (Å²) in [6.07, 6.45) is 4.12. The first-order chi connectivity index (χ1) is 17.3. The summed E-state index contributed by atoms with van der Waals surface area (Å²) in [5.74, 6) is -0.663. The molecule has 0 aliphatic rings. The molecule has 0 bridgehead atoms. The predicted octanol–water partition coefficient (Wildman–Crippen LogP) is 6.01. The smallest absolute Gasteiger partial charge is 0.281 e. The Balaban J connectivity index is 1.36. The first-order valence-corrected chi connectivity index (χ1v) is 13.2. The van der Waals surface area contributed by atoms with Crippen LogP contribution in [-0.4, -0.2) is 34.2 Å². The number of carbonyl (C=O) groups excluding carboxylic acids is 2. The highest BCUT2D eigenvalue weighted by Crippen LogP contribution is 2.40. The molecular weight excluding hydrogens is 539 g/mol. The number of rotatable bonds is 8. The van der Waals surface area contributed by atoms with E-state index in [0.29, 0.717) is 48.9 Å². The maximum atomic E-state index is 12.6. The molecule has 0 aliphatic heterocycles. The molecule has 0 aliphatic carbocycles. The van der Waals surface area contributed by atoms with Crippen LogP contribution in [0.2, 0.25) is 10.0 Å². The van der Waals surface area contributed by atoms with Crippen LogP contribution >= 0.6 is 45.9 Å². The summed E-state index contributed by atoms with van der Waals surface area (Å²) in [7, 11) is 0. The fourth-order valence-corrected chi connectivity index (χ4v) is 5.35. The molecule has 0 spiro atoms. The normalized spacial score (nSPS) is 11.4. The number of aromatic hydroxyl groups is 1. The van der Waals surface area contributed by atoms with E-state index in [1.807, 2.05) is 12.1 Å². The van der Waals surface area contributed by atoms with Gasteiger partial charge in [-0.25, -0.2) is 5.43 Å². The number of hydrogen-bond donors (Lipinski definition) is 3. The number of halogens is 2. The van der Waals surface area contributed by atoms with Gasteiger partial charge in [-0.15, -0.1) is 22.7 Å². The average Bonchev–Trinajstić information content (AvgIpc) is 3.52. The summed E-state index contributed by atoms with van der Waals surface area (Å²) >= 11 is 14.5. The maximum Gasteiger partial charge on any atom is 0.281 e. The number of amides is 2. The van der Waals surface area contributed by atoms with Gasteiger partial charge in [0.15, 0.2) is 0 Å². The summed E-state index contributed by atoms with van der Waals surface area (Å²) < 4.78 is 0. The average molecular weight is 560 g/mol. The Kier molecular flexibility index (Phi) is 8.37. The van der Waals surface area contributed by atoms with Crippen LogP contribution in [-0.2, 0) is 6.42 Å². The molecule has 0 atom stereocenters. The monoisotopic (exact) mass is 558 g/mol. The highest BCUT2D eigenvalue weighted by molar-refractivity contribution is 7.16. The van der Waals surface area contributed by atoms with Crippen LogP contribution in [0.1, 0.15) is 37.4 Å². The minimum absolute atomic E-state index is 0.0373. The van der Waals surface area contributed by atoms with Crippen molar-refractivity contribution < 1.29 is 14.7 Å². The minimum atomic E-state index is -0.451. The van der Waals surface area contributed by atoms with Crippen molar-refractivity contribution >= 4 is 63.4 Å². The molecule has 184 valence electrons. The summed E-state index contributed by atoms with van der Waals surface area (Å²) in [4.78, 5) is 30.4. The van der Waals surface area contributed by atoms with Gasteiger partial charge in [0.1, 0.15) is 5.75 Å². The van der Waals surface area contributed by atoms with Gasteiger partial charge in [0.05, 0.1) is 36.0 Å². The van der Waals surface area contributed by atoms with Gasteiger partial charge < -0.3 is 10.4 Å². The van der Waals surface area contributed by atoms with Gasteiger partial charge in [0, 0.05) is 24.3 Å². The van der Waals surface area contributed by atoms with Gasteiger partial charge in [0.25, 0.3) is 11.8 Å². The summed E-state index contributed by atoms with van der Waals surface area (Å²) in [5, 5.41) is 20.2. The molecule has 0 saturated heterocycles. The maximum absolute atomic E-state index is 12.6. The molecule has 0 unspecified atom stereocenters. The van der Waals surface area contributed by atoms with E-state index in [1.54, 1.807) is 55.0 Å². The van der Waals surface area contributed by atoms with Crippen LogP contribution in [0, 0.1) is 0 Å². The zero-order valence-corrected chi connectivity index (χ0v) is 22.1. The second-order valence-corrected chi connectivity index (χ2v) is 10.4. The second-order valence-electron chi connectivity index (χ2n) is 7.63. The van der Waals surface area contributed by atoms with Crippen LogP contribution in [0.5, 0.6) is 5.75 Å². The Labute approximate surface area is 225 Å². The summed E-state index contributed by atoms with van der Waals surface area (Å²) in [6, 6.07) is 12.1. The van der Waals surface area contributed by atoms with Crippen molar-refractivity contribution in [2.45, 2.75) is 13.3 Å². The molecule has 3 heterocycles. The Morgan fingerprint density at radius 2 is 1.86 bits per heavy atom. The lowest BCUT2D eigenvalue weighted by Crippen LogP contribution is -2.24. The standard InChI is InChI=1S/C25H20Cl2N4O3S2/c1-14(17-13-35-23(22(17)32)16-4-5-18(26)19(27)11-16)30-31-25(34)21-7-6-20(36-21)24(33)29-10-8-15-3-2-9-28-12-15/h2-7,9,11-13,32H,8,10H2,1H3,(H,29,33)(H,31,34)/b30-14+. The molecule has 3 aromatic heterocycles. The molecule has 36 heavy (non-hydrogen) atoms. The Morgan fingerprint density at radius 3 is 2.58 bits per heavy atom. The molecule has 7 nitrogen and oxygen atoms in total. The fraction of sp³-hybridized carbons (Fsp3) is 0.120. The highest BCUT2D eigenvalue weighted by atomic mass is 35.5. The fourth-order valence-electron chi connectivity index (χ4n) is 3.24. The zero-order valence-electron chi connectivity index (χ0n) is 18.9. The van der Waals surface area contributed by atoms with Gasteiger partial charge >= 0.3 is 0 Å². The van der Waals surface area contributed by atoms with E-state index in [9.17, 15) is 14.7 Å². The quantitative estimate of drug-likeness (QED) is 0.182. The number of hydrazone groups is 1. The number of hydrogen-bond acceptors (Lipinski definition) is 7. The number of aromatic nitrogens is 1. The summed E-state index contributed by atoms with van der Waals surface area (Å²) in [6.45, 7) is 2.14. The molecule has 0 saturated carbocycles. The van der Waals surface area contributed by atoms with Crippen molar-refractivity contribution in [1.29, 1.82) is 0 Å². The van der Waals surface area contributed by atoms with Crippen LogP contribution in [0.4, 0.5) is 0 Å². The van der Waals surface area contributed by atoms with Crippen molar-refractivity contribution in [1.82, 2.24) is 15.7 Å². The first-order valence-electron chi connectivity index (χ1n) is 10.7. The number of carbonyl (C=O) groups is 2. The van der Waals surface area contributed by atoms with E-state index >= 15 is 0 Å². The number of benzene rings is 1. The van der Waals surface area contributed by atoms with E-state index in [-0.39, 0.29) is 11.7 Å². The number of thiophene rings is 2. The third-order valence-electron chi connectivity index (χ3n) is 5.14. The lowest BCUT2D eigenvalue weighted by atomic mass is 10.1. The van der Waals surface area contributed by atoms with Crippen molar-refractivity contribution in [3.05, 3.63) is 91.2 Å². The molecule has 3 N–H and O–H groups in total. The van der Waals surface area contributed by atoms with Crippen molar-refractivity contribution in [2.75, 3.05) is 6.54 Å². The lowest BCUT2D eigenvalue weighted by Gasteiger charge is -2.04. The van der Waals surface area contributed by atoms with E-state index in [1.165, 1.54) is 11.3 Å². The number of pyridine rings is 1. The zero-order chi connectivity index (χ0) is 25.7. The second kappa shape index (κ2) is 11.7. The Bertz CT molecular complexity index is 1430. The van der Waals surface area contributed by atoms with Crippen LogP contribution in [0.3, 0.4) is 0 Å². The minimum Gasteiger partial charge on any atom is -0.506 e. The lowest BCUT2D eigenvalue weighted by molar-refractivity contribution is 0.0951. The molecular formula is C25H20Cl2N4O3S2. The van der Waals surface area contributed by atoms with Gasteiger partial charge in [-0.05, 0) is 54.8 Å². The number of nitrogens with one attached hydrogen (secondary N) is 2. The van der Waals surface area contributed by atoms with Crippen LogP contribution in [0.25, 0.3) is 10.4 Å². The molecule has 0 fully saturated rings. The molecule has 4 aromatic rings. The van der Waals surface area contributed by atoms with Gasteiger partial charge in [0.2, 0.25) is 0 Å². The number of nitrogens with zero attached hydrogens (tertiary/aromatic N) is 2. The van der Waals surface area contributed by atoms with Crippen molar-refractivity contribution in [3.63, 3.8) is 0 Å². The third kappa shape index (κ3) is 6.11. The molecule has 11 heteroatoms. The third-order valence-corrected chi connectivity index (χ3v) is 7.98. The topological polar surface area (TPSA) is 104 Å². The summed E-state index contributed by atoms with van der Waals surface area (Å²) in [5.41, 5.74) is 5.14. The van der Waals surface area contributed by atoms with E-state index in [0.717, 1.165) is 22.5 Å². The Hall–Kier alpha value is -3.24. The molecule has 1 aromatic carbocycles. The largest absolute Gasteiger partial charge is 0.506 e. The van der Waals surface area contributed by atoms with Crippen LogP contribution < -0.4 is 10.7 Å². The van der Waals surface area contributed by atoms with Gasteiger partial charge in [-0.1, -0.05) is 35.3 Å². The molecule has 4 rings (SSSR count). The van der Waals surface area contributed by atoms with Gasteiger partial charge in [-0.2, -0.15) is 5.10 Å².